The summed E-state index contributed by atoms with van der Waals surface area (Å²) in [5.41, 5.74) is 5.65. The van der Waals surface area contributed by atoms with Crippen LogP contribution in [0.1, 0.15) is 27.2 Å². The Kier molecular flexibility index (Phi) is 7.34. The lowest BCUT2D eigenvalue weighted by atomic mass is 10.1. The van der Waals surface area contributed by atoms with Crippen molar-refractivity contribution >= 4 is 5.91 Å². The van der Waals surface area contributed by atoms with Crippen LogP contribution in [0.25, 0.3) is 0 Å². The van der Waals surface area contributed by atoms with Crippen LogP contribution in [0.2, 0.25) is 0 Å². The lowest BCUT2D eigenvalue weighted by Crippen LogP contribution is -2.51. The van der Waals surface area contributed by atoms with E-state index in [9.17, 15) is 4.79 Å². The minimum Gasteiger partial charge on any atom is -0.353 e. The van der Waals surface area contributed by atoms with E-state index in [1.165, 1.54) is 0 Å². The molecule has 0 aromatic heterocycles. The first kappa shape index (κ1) is 16.4. The summed E-state index contributed by atoms with van der Waals surface area (Å²) >= 11 is 0. The van der Waals surface area contributed by atoms with Gasteiger partial charge in [0.15, 0.2) is 0 Å². The Bertz CT molecular complexity index is 264. The minimum atomic E-state index is 0.151. The second-order valence-corrected chi connectivity index (χ2v) is 5.79. The van der Waals surface area contributed by atoms with Crippen LogP contribution in [-0.2, 0) is 4.79 Å². The predicted molar refractivity (Wildman–Crippen MR) is 79.0 cm³/mol. The first-order valence-corrected chi connectivity index (χ1v) is 7.49. The molecule has 3 N–H and O–H groups in total. The third-order valence-electron chi connectivity index (χ3n) is 3.82. The summed E-state index contributed by atoms with van der Waals surface area (Å²) in [6, 6.07) is 0.277. The SMILES string of the molecule is CCC(C)NC(=O)CN1CCN(CC(C)CN)CC1. The average Bonchev–Trinajstić information content (AvgIpc) is 2.40. The summed E-state index contributed by atoms with van der Waals surface area (Å²) in [7, 11) is 0. The Morgan fingerprint density at radius 2 is 1.79 bits per heavy atom. The van der Waals surface area contributed by atoms with Gasteiger partial charge < -0.3 is 16.0 Å². The van der Waals surface area contributed by atoms with Gasteiger partial charge in [-0.2, -0.15) is 0 Å². The highest BCUT2D eigenvalue weighted by Gasteiger charge is 2.20. The molecule has 1 aliphatic heterocycles. The Labute approximate surface area is 117 Å². The average molecular weight is 270 g/mol. The van der Waals surface area contributed by atoms with E-state index in [1.54, 1.807) is 0 Å². The number of rotatable bonds is 7. The molecule has 1 saturated heterocycles. The van der Waals surface area contributed by atoms with Crippen molar-refractivity contribution in [1.29, 1.82) is 0 Å². The molecule has 1 rings (SSSR count). The monoisotopic (exact) mass is 270 g/mol. The largest absolute Gasteiger partial charge is 0.353 e. The number of nitrogens with two attached hydrogens (primary N) is 1. The van der Waals surface area contributed by atoms with Gasteiger partial charge in [-0.25, -0.2) is 0 Å². The standard InChI is InChI=1S/C14H30N4O/c1-4-13(3)16-14(19)11-18-7-5-17(6-8-18)10-12(2)9-15/h12-13H,4-11,15H2,1-3H3,(H,16,19). The third-order valence-corrected chi connectivity index (χ3v) is 3.82. The second kappa shape index (κ2) is 8.51. The minimum absolute atomic E-state index is 0.151. The highest BCUT2D eigenvalue weighted by Crippen LogP contribution is 2.04. The molecule has 112 valence electrons. The smallest absolute Gasteiger partial charge is 0.234 e. The number of amides is 1. The molecule has 1 aliphatic rings. The number of carbonyl (C=O) groups excluding carboxylic acids is 1. The van der Waals surface area contributed by atoms with Crippen LogP contribution in [0.15, 0.2) is 0 Å². The molecule has 19 heavy (non-hydrogen) atoms. The predicted octanol–water partition coefficient (Wildman–Crippen LogP) is 0.114. The third kappa shape index (κ3) is 6.36. The maximum Gasteiger partial charge on any atom is 0.234 e. The molecule has 2 atom stereocenters. The van der Waals surface area contributed by atoms with Crippen LogP contribution in [0.5, 0.6) is 0 Å². The maximum absolute atomic E-state index is 11.8. The molecule has 0 aromatic rings. The van der Waals surface area contributed by atoms with Crippen molar-refractivity contribution < 1.29 is 4.79 Å². The number of carbonyl (C=O) groups is 1. The molecule has 0 spiro atoms. The molecule has 5 nitrogen and oxygen atoms in total. The van der Waals surface area contributed by atoms with Gasteiger partial charge in [0.1, 0.15) is 0 Å². The molecule has 1 fully saturated rings. The van der Waals surface area contributed by atoms with Crippen LogP contribution >= 0.6 is 0 Å². The molecule has 0 radical (unpaired) electrons. The first-order valence-electron chi connectivity index (χ1n) is 7.49. The van der Waals surface area contributed by atoms with Crippen LogP contribution < -0.4 is 11.1 Å². The van der Waals surface area contributed by atoms with E-state index >= 15 is 0 Å². The topological polar surface area (TPSA) is 61.6 Å². The van der Waals surface area contributed by atoms with Crippen LogP contribution in [0.3, 0.4) is 0 Å². The van der Waals surface area contributed by atoms with Crippen molar-refractivity contribution in [2.75, 3.05) is 45.8 Å². The van der Waals surface area contributed by atoms with Crippen molar-refractivity contribution in [2.45, 2.75) is 33.2 Å². The Morgan fingerprint density at radius 3 is 2.32 bits per heavy atom. The summed E-state index contributed by atoms with van der Waals surface area (Å²) in [5.74, 6) is 0.707. The van der Waals surface area contributed by atoms with Crippen molar-refractivity contribution in [3.05, 3.63) is 0 Å². The first-order chi connectivity index (χ1) is 9.05. The van der Waals surface area contributed by atoms with Gasteiger partial charge in [-0.3, -0.25) is 9.69 Å². The number of nitrogens with one attached hydrogen (secondary N) is 1. The van der Waals surface area contributed by atoms with Gasteiger partial charge in [-0.15, -0.1) is 0 Å². The quantitative estimate of drug-likeness (QED) is 0.689. The molecule has 2 unspecified atom stereocenters. The maximum atomic E-state index is 11.8. The molecular formula is C14H30N4O. The summed E-state index contributed by atoms with van der Waals surface area (Å²) < 4.78 is 0. The molecule has 5 heteroatoms. The van der Waals surface area contributed by atoms with Crippen LogP contribution in [0.4, 0.5) is 0 Å². The van der Waals surface area contributed by atoms with Gasteiger partial charge in [-0.1, -0.05) is 13.8 Å². The molecule has 1 amide bonds. The lowest BCUT2D eigenvalue weighted by molar-refractivity contribution is -0.123. The summed E-state index contributed by atoms with van der Waals surface area (Å²) in [4.78, 5) is 16.5. The van der Waals surface area contributed by atoms with E-state index in [0.29, 0.717) is 12.5 Å². The van der Waals surface area contributed by atoms with Gasteiger partial charge in [0, 0.05) is 38.8 Å². The van der Waals surface area contributed by atoms with Crippen molar-refractivity contribution in [1.82, 2.24) is 15.1 Å². The zero-order valence-corrected chi connectivity index (χ0v) is 12.7. The molecule has 0 saturated carbocycles. The molecule has 0 aliphatic carbocycles. The van der Waals surface area contributed by atoms with E-state index in [-0.39, 0.29) is 11.9 Å². The highest BCUT2D eigenvalue weighted by molar-refractivity contribution is 5.78. The van der Waals surface area contributed by atoms with Gasteiger partial charge in [0.05, 0.1) is 6.54 Å². The number of nitrogens with zero attached hydrogens (tertiary/aromatic N) is 2. The van der Waals surface area contributed by atoms with Crippen molar-refractivity contribution in [2.24, 2.45) is 11.7 Å². The van der Waals surface area contributed by atoms with E-state index in [0.717, 1.165) is 45.7 Å². The van der Waals surface area contributed by atoms with Gasteiger partial charge in [0.2, 0.25) is 5.91 Å². The summed E-state index contributed by atoms with van der Waals surface area (Å²) in [6.45, 7) is 12.7. The van der Waals surface area contributed by atoms with Crippen molar-refractivity contribution in [3.63, 3.8) is 0 Å². The van der Waals surface area contributed by atoms with Gasteiger partial charge in [0.25, 0.3) is 0 Å². The fourth-order valence-electron chi connectivity index (χ4n) is 2.27. The number of hydrogen-bond acceptors (Lipinski definition) is 4. The van der Waals surface area contributed by atoms with E-state index < -0.39 is 0 Å². The van der Waals surface area contributed by atoms with E-state index in [2.05, 4.69) is 29.0 Å². The molecule has 0 bridgehead atoms. The Morgan fingerprint density at radius 1 is 1.21 bits per heavy atom. The Hall–Kier alpha value is -0.650. The number of piperazine rings is 1. The van der Waals surface area contributed by atoms with Gasteiger partial charge in [-0.05, 0) is 25.8 Å². The molecule has 1 heterocycles. The Balaban J connectivity index is 2.21. The van der Waals surface area contributed by atoms with Crippen LogP contribution in [0, 0.1) is 5.92 Å². The fraction of sp³-hybridized carbons (Fsp3) is 0.929. The highest BCUT2D eigenvalue weighted by atomic mass is 16.2. The zero-order chi connectivity index (χ0) is 14.3. The summed E-state index contributed by atoms with van der Waals surface area (Å²) in [5, 5.41) is 3.02. The normalized spacial score (nSPS) is 21.1. The van der Waals surface area contributed by atoms with Crippen molar-refractivity contribution in [3.8, 4) is 0 Å². The zero-order valence-electron chi connectivity index (χ0n) is 12.7. The van der Waals surface area contributed by atoms with Gasteiger partial charge >= 0.3 is 0 Å². The lowest BCUT2D eigenvalue weighted by Gasteiger charge is -2.35. The second-order valence-electron chi connectivity index (χ2n) is 5.79. The van der Waals surface area contributed by atoms with E-state index in [4.69, 9.17) is 5.73 Å². The molecular weight excluding hydrogens is 240 g/mol. The molecule has 0 aromatic carbocycles. The summed E-state index contributed by atoms with van der Waals surface area (Å²) in [6.07, 6.45) is 0.983. The van der Waals surface area contributed by atoms with Crippen LogP contribution in [-0.4, -0.2) is 67.6 Å². The fourth-order valence-corrected chi connectivity index (χ4v) is 2.27. The van der Waals surface area contributed by atoms with E-state index in [1.807, 2.05) is 6.92 Å². The number of hydrogen-bond donors (Lipinski definition) is 2.